The lowest BCUT2D eigenvalue weighted by Crippen LogP contribution is -2.62. The molecule has 3 saturated carbocycles. The molecule has 3 nitrogen and oxygen atoms in total. The molecule has 6 aliphatic rings. The molecule has 0 aromatic carbocycles. The smallest absolute Gasteiger partial charge is 0.102 e. The van der Waals surface area contributed by atoms with Crippen molar-refractivity contribution in [1.29, 1.82) is 5.41 Å². The summed E-state index contributed by atoms with van der Waals surface area (Å²) in [4.78, 5) is 0. The van der Waals surface area contributed by atoms with Gasteiger partial charge in [0.1, 0.15) is 11.0 Å². The Morgan fingerprint density at radius 3 is 2.58 bits per heavy atom. The fourth-order valence-electron chi connectivity index (χ4n) is 11.9. The maximum atomic E-state index is 11.1. The van der Waals surface area contributed by atoms with Gasteiger partial charge in [-0.1, -0.05) is 82.4 Å². The van der Waals surface area contributed by atoms with Crippen molar-refractivity contribution in [2.24, 2.45) is 64.1 Å². The van der Waals surface area contributed by atoms with Crippen LogP contribution in [0.3, 0.4) is 0 Å². The van der Waals surface area contributed by atoms with Gasteiger partial charge in [0, 0.05) is 11.8 Å². The Hall–Kier alpha value is -0.840. The van der Waals surface area contributed by atoms with Crippen molar-refractivity contribution in [2.45, 2.75) is 137 Å². The molecule has 4 heteroatoms. The Labute approximate surface area is 280 Å². The fraction of sp³-hybridized carbons (Fsp3) is 0.829. The van der Waals surface area contributed by atoms with E-state index in [-0.39, 0.29) is 21.9 Å². The molecule has 0 radical (unpaired) electrons. The molecule has 0 aromatic heterocycles. The number of epoxide rings is 1. The normalized spacial score (nSPS) is 46.4. The van der Waals surface area contributed by atoms with Crippen LogP contribution in [0.1, 0.15) is 126 Å². The Morgan fingerprint density at radius 2 is 1.96 bits per heavy atom. The highest BCUT2D eigenvalue weighted by Gasteiger charge is 2.72. The summed E-state index contributed by atoms with van der Waals surface area (Å²) in [6.07, 6.45) is 18.9. The minimum Gasteiger partial charge on any atom is -0.382 e. The van der Waals surface area contributed by atoms with Gasteiger partial charge in [0.25, 0.3) is 0 Å². The Morgan fingerprint density at radius 1 is 1.20 bits per heavy atom. The molecule has 0 bridgehead atoms. The van der Waals surface area contributed by atoms with Gasteiger partial charge in [-0.2, -0.15) is 0 Å². The molecule has 0 amide bonds. The highest BCUT2D eigenvalue weighted by Crippen LogP contribution is 2.74. The molecule has 2 aliphatic heterocycles. The van der Waals surface area contributed by atoms with E-state index in [1.54, 1.807) is 34.7 Å². The lowest BCUT2D eigenvalue weighted by atomic mass is 9.38. The Bertz CT molecular complexity index is 1200. The predicted molar refractivity (Wildman–Crippen MR) is 192 cm³/mol. The zero-order valence-electron chi connectivity index (χ0n) is 29.8. The molecule has 0 aromatic rings. The number of hydrogen-bond donors (Lipinski definition) is 2. The van der Waals surface area contributed by atoms with Gasteiger partial charge < -0.3 is 15.3 Å². The number of aliphatic hydroxyl groups is 1. The molecule has 2 saturated heterocycles. The van der Waals surface area contributed by atoms with E-state index in [0.29, 0.717) is 41.4 Å². The van der Waals surface area contributed by atoms with Crippen LogP contribution < -0.4 is 0 Å². The summed E-state index contributed by atoms with van der Waals surface area (Å²) in [5.74, 6) is 6.10. The molecule has 4 aliphatic carbocycles. The molecular weight excluding hydrogens is 571 g/mol. The van der Waals surface area contributed by atoms with Gasteiger partial charge in [-0.05, 0) is 142 Å². The number of nitrogens with one attached hydrogen (secondary N) is 1. The summed E-state index contributed by atoms with van der Waals surface area (Å²) in [6.45, 7) is 22.8. The first-order valence-electron chi connectivity index (χ1n) is 18.9. The lowest BCUT2D eigenvalue weighted by Gasteiger charge is -2.66. The number of aliphatic hydroxyl groups excluding tert-OH is 1. The van der Waals surface area contributed by atoms with E-state index < -0.39 is 0 Å². The van der Waals surface area contributed by atoms with Gasteiger partial charge in [0.2, 0.25) is 0 Å². The van der Waals surface area contributed by atoms with Crippen molar-refractivity contribution in [2.75, 3.05) is 12.4 Å². The second-order valence-electron chi connectivity index (χ2n) is 17.4. The third kappa shape index (κ3) is 5.81. The number of allylic oxidation sites excluding steroid dienone is 4. The van der Waals surface area contributed by atoms with Gasteiger partial charge in [0.15, 0.2) is 0 Å². The van der Waals surface area contributed by atoms with Crippen LogP contribution >= 0.6 is 11.8 Å². The van der Waals surface area contributed by atoms with Crippen molar-refractivity contribution in [3.63, 3.8) is 0 Å². The summed E-state index contributed by atoms with van der Waals surface area (Å²) < 4.78 is 6.96. The summed E-state index contributed by atoms with van der Waals surface area (Å²) in [6, 6.07) is 0. The van der Waals surface area contributed by atoms with E-state index in [2.05, 4.69) is 61.1 Å². The lowest BCUT2D eigenvalue weighted by molar-refractivity contribution is -0.120. The number of unbranched alkanes of at least 4 members (excludes halogenated alkanes) is 1. The number of ether oxygens (including phenoxy) is 1. The van der Waals surface area contributed by atoms with E-state index in [4.69, 9.17) is 10.1 Å². The third-order valence-corrected chi connectivity index (χ3v) is 16.2. The van der Waals surface area contributed by atoms with E-state index in [9.17, 15) is 5.11 Å². The zero-order valence-corrected chi connectivity index (χ0v) is 30.6. The molecule has 6 rings (SSSR count). The van der Waals surface area contributed by atoms with Crippen LogP contribution in [-0.4, -0.2) is 34.7 Å². The second kappa shape index (κ2) is 12.9. The number of fused-ring (bicyclic) bond motifs is 2. The predicted octanol–water partition coefficient (Wildman–Crippen LogP) is 10.6. The van der Waals surface area contributed by atoms with Crippen LogP contribution in [0.15, 0.2) is 34.9 Å². The molecular formula is C41H65NO2S. The average molecular weight is 636 g/mol. The second-order valence-corrected chi connectivity index (χ2v) is 18.6. The zero-order chi connectivity index (χ0) is 32.3. The van der Waals surface area contributed by atoms with Crippen molar-refractivity contribution in [3.05, 3.63) is 34.9 Å². The van der Waals surface area contributed by atoms with E-state index >= 15 is 0 Å². The van der Waals surface area contributed by atoms with Gasteiger partial charge in [-0.3, -0.25) is 0 Å². The van der Waals surface area contributed by atoms with Gasteiger partial charge >= 0.3 is 0 Å². The molecule has 1 spiro atoms. The van der Waals surface area contributed by atoms with Gasteiger partial charge in [-0.15, -0.1) is 11.8 Å². The first-order valence-corrected chi connectivity index (χ1v) is 19.9. The first-order chi connectivity index (χ1) is 21.4. The molecule has 252 valence electrons. The van der Waals surface area contributed by atoms with Gasteiger partial charge in [0.05, 0.1) is 6.61 Å². The highest BCUT2D eigenvalue weighted by molar-refractivity contribution is 7.99. The van der Waals surface area contributed by atoms with Crippen molar-refractivity contribution >= 4 is 18.0 Å². The number of rotatable bonds is 11. The summed E-state index contributed by atoms with van der Waals surface area (Å²) in [5, 5.41) is 19.6. The molecule has 2 heterocycles. The van der Waals surface area contributed by atoms with Crippen molar-refractivity contribution in [3.8, 4) is 0 Å². The standard InChI is InChI=1S/C41H65NO2S/c1-9-10-11-26(4)28(6)34-22-33(25(2)3)39(7,17-18-42)36-23-35(29-12-14-30-21-31(30)15-13-29)41(24-44-41)37(40(34,36)8)20-27(5)32-16-19-45-38(32)43/h12,18,26-27,30-33,35-38,42-43H,2,9-11,13-17,19-24H2,1,3-8H3. The van der Waals surface area contributed by atoms with Gasteiger partial charge in [-0.25, -0.2) is 0 Å². The van der Waals surface area contributed by atoms with Crippen LogP contribution in [0.4, 0.5) is 0 Å². The summed E-state index contributed by atoms with van der Waals surface area (Å²) >= 11 is 1.76. The summed E-state index contributed by atoms with van der Waals surface area (Å²) in [7, 11) is 0. The van der Waals surface area contributed by atoms with Crippen molar-refractivity contribution in [1.82, 2.24) is 0 Å². The molecule has 5 fully saturated rings. The minimum absolute atomic E-state index is 0.000342. The van der Waals surface area contributed by atoms with Crippen molar-refractivity contribution < 1.29 is 9.84 Å². The van der Waals surface area contributed by atoms with E-state index in [0.717, 1.165) is 49.9 Å². The summed E-state index contributed by atoms with van der Waals surface area (Å²) in [5.41, 5.74) is 6.04. The first kappa shape index (κ1) is 34.0. The Balaban J connectivity index is 1.51. The monoisotopic (exact) mass is 635 g/mol. The van der Waals surface area contributed by atoms with Crippen LogP contribution in [0.25, 0.3) is 0 Å². The highest BCUT2D eigenvalue weighted by atomic mass is 32.2. The SMILES string of the molecule is C=C(C)C1CC(=C(C)C(C)CCCC)C2(C)C(CC(C3=CCC4CC4CC3)C3(CO3)C2CC(C)C2CCSC2O)C1(C)CC=N. The van der Waals surface area contributed by atoms with E-state index in [1.165, 1.54) is 56.9 Å². The minimum atomic E-state index is -0.233. The maximum absolute atomic E-state index is 11.1. The van der Waals surface area contributed by atoms with Crippen LogP contribution in [0.2, 0.25) is 0 Å². The van der Waals surface area contributed by atoms with E-state index in [1.807, 2.05) is 0 Å². The third-order valence-electron chi connectivity index (χ3n) is 15.0. The largest absolute Gasteiger partial charge is 0.382 e. The van der Waals surface area contributed by atoms with Crippen LogP contribution in [0, 0.1) is 69.5 Å². The maximum Gasteiger partial charge on any atom is 0.102 e. The molecule has 13 atom stereocenters. The van der Waals surface area contributed by atoms with Crippen LogP contribution in [0.5, 0.6) is 0 Å². The van der Waals surface area contributed by atoms with Crippen LogP contribution in [-0.2, 0) is 4.74 Å². The molecule has 45 heavy (non-hydrogen) atoms. The molecule has 13 unspecified atom stereocenters. The fourth-order valence-corrected chi connectivity index (χ4v) is 13.2. The number of thioether (sulfide) groups is 1. The molecule has 2 N–H and O–H groups in total. The topological polar surface area (TPSA) is 56.6 Å². The Kier molecular flexibility index (Phi) is 9.75. The average Bonchev–Trinajstić information content (AvgIpc) is 3.90. The quantitative estimate of drug-likeness (QED) is 0.135. The number of hydrogen-bond acceptors (Lipinski definition) is 4.